The normalized spacial score (nSPS) is 27.5. The molecule has 0 bridgehead atoms. The Hall–Kier alpha value is -0.0800. The van der Waals surface area contributed by atoms with E-state index in [0.29, 0.717) is 5.54 Å². The maximum Gasteiger partial charge on any atom is 0.0308 e. The van der Waals surface area contributed by atoms with Gasteiger partial charge in [0.05, 0.1) is 0 Å². The predicted molar refractivity (Wildman–Crippen MR) is 74.3 cm³/mol. The van der Waals surface area contributed by atoms with Crippen LogP contribution in [0.25, 0.3) is 0 Å². The highest BCUT2D eigenvalue weighted by Crippen LogP contribution is 2.32. The minimum atomic E-state index is 0.479. The first kappa shape index (κ1) is 13.4. The van der Waals surface area contributed by atoms with Crippen LogP contribution in [0.1, 0.15) is 52.9 Å². The van der Waals surface area contributed by atoms with E-state index in [1.807, 2.05) is 0 Å². The zero-order valence-electron chi connectivity index (χ0n) is 12.0. The van der Waals surface area contributed by atoms with Gasteiger partial charge in [0.1, 0.15) is 0 Å². The van der Waals surface area contributed by atoms with E-state index in [1.54, 1.807) is 0 Å². The second-order valence-corrected chi connectivity index (χ2v) is 6.72. The number of rotatable bonds is 3. The number of hydrogen-bond donors (Lipinski definition) is 1. The van der Waals surface area contributed by atoms with E-state index < -0.39 is 0 Å². The van der Waals surface area contributed by atoms with Crippen LogP contribution in [0, 0.1) is 11.8 Å². The van der Waals surface area contributed by atoms with Crippen molar-refractivity contribution in [3.63, 3.8) is 0 Å². The summed E-state index contributed by atoms with van der Waals surface area (Å²) in [6, 6.07) is 0. The molecular weight excluding hydrogens is 208 g/mol. The summed E-state index contributed by atoms with van der Waals surface area (Å²) in [4.78, 5) is 2.73. The van der Waals surface area contributed by atoms with E-state index in [1.165, 1.54) is 58.3 Å². The van der Waals surface area contributed by atoms with Crippen LogP contribution in [-0.2, 0) is 0 Å². The van der Waals surface area contributed by atoms with E-state index >= 15 is 0 Å². The predicted octanol–water partition coefficient (Wildman–Crippen LogP) is 2.89. The lowest BCUT2D eigenvalue weighted by Crippen LogP contribution is -2.50. The third-order valence-corrected chi connectivity index (χ3v) is 4.92. The molecule has 0 aromatic heterocycles. The van der Waals surface area contributed by atoms with Gasteiger partial charge in [0.15, 0.2) is 0 Å². The molecule has 2 fully saturated rings. The molecule has 100 valence electrons. The van der Waals surface area contributed by atoms with E-state index in [0.717, 1.165) is 11.8 Å². The third-order valence-electron chi connectivity index (χ3n) is 4.92. The molecule has 2 rings (SSSR count). The first-order valence-electron chi connectivity index (χ1n) is 7.59. The van der Waals surface area contributed by atoms with Crippen LogP contribution in [0.2, 0.25) is 0 Å². The summed E-state index contributed by atoms with van der Waals surface area (Å²) in [7, 11) is 0. The molecule has 2 nitrogen and oxygen atoms in total. The van der Waals surface area contributed by atoms with Crippen molar-refractivity contribution in [2.45, 2.75) is 58.4 Å². The zero-order valence-corrected chi connectivity index (χ0v) is 12.0. The smallest absolute Gasteiger partial charge is 0.0308 e. The van der Waals surface area contributed by atoms with E-state index in [4.69, 9.17) is 0 Å². The molecule has 0 aromatic rings. The van der Waals surface area contributed by atoms with Gasteiger partial charge in [0, 0.05) is 18.6 Å². The van der Waals surface area contributed by atoms with Crippen molar-refractivity contribution in [3.8, 4) is 0 Å². The minimum Gasteiger partial charge on any atom is -0.310 e. The minimum absolute atomic E-state index is 0.479. The standard InChI is InChI=1S/C15H30N2/c1-13(2)14(3)11-17-10-6-9-16-15(12-17)7-4-5-8-15/h13-14,16H,4-12H2,1-3H3. The fraction of sp³-hybridized carbons (Fsp3) is 1.00. The Morgan fingerprint density at radius 2 is 1.82 bits per heavy atom. The molecule has 1 aliphatic carbocycles. The van der Waals surface area contributed by atoms with Crippen molar-refractivity contribution < 1.29 is 0 Å². The van der Waals surface area contributed by atoms with Gasteiger partial charge in [0.2, 0.25) is 0 Å². The molecule has 0 radical (unpaired) electrons. The number of nitrogens with zero attached hydrogens (tertiary/aromatic N) is 1. The van der Waals surface area contributed by atoms with E-state index in [9.17, 15) is 0 Å². The van der Waals surface area contributed by atoms with Gasteiger partial charge >= 0.3 is 0 Å². The van der Waals surface area contributed by atoms with Crippen LogP contribution >= 0.6 is 0 Å². The maximum atomic E-state index is 3.85. The van der Waals surface area contributed by atoms with Gasteiger partial charge in [0.25, 0.3) is 0 Å². The first-order chi connectivity index (χ1) is 8.11. The van der Waals surface area contributed by atoms with Crippen LogP contribution in [0.5, 0.6) is 0 Å². The summed E-state index contributed by atoms with van der Waals surface area (Å²) < 4.78 is 0. The van der Waals surface area contributed by atoms with Crippen molar-refractivity contribution in [1.82, 2.24) is 10.2 Å². The van der Waals surface area contributed by atoms with Crippen molar-refractivity contribution >= 4 is 0 Å². The summed E-state index contributed by atoms with van der Waals surface area (Å²) in [5, 5.41) is 3.85. The Morgan fingerprint density at radius 1 is 1.12 bits per heavy atom. The lowest BCUT2D eigenvalue weighted by atomic mass is 9.94. The number of hydrogen-bond acceptors (Lipinski definition) is 2. The molecule has 17 heavy (non-hydrogen) atoms. The summed E-state index contributed by atoms with van der Waals surface area (Å²) in [5.41, 5.74) is 0.479. The quantitative estimate of drug-likeness (QED) is 0.813. The fourth-order valence-corrected chi connectivity index (χ4v) is 3.38. The Bertz CT molecular complexity index is 231. The van der Waals surface area contributed by atoms with Crippen molar-refractivity contribution in [1.29, 1.82) is 0 Å². The van der Waals surface area contributed by atoms with Gasteiger partial charge < -0.3 is 10.2 Å². The Kier molecular flexibility index (Phi) is 4.48. The van der Waals surface area contributed by atoms with E-state index in [-0.39, 0.29) is 0 Å². The van der Waals surface area contributed by atoms with E-state index in [2.05, 4.69) is 31.0 Å². The van der Waals surface area contributed by atoms with Crippen molar-refractivity contribution in [2.75, 3.05) is 26.2 Å². The van der Waals surface area contributed by atoms with Gasteiger partial charge in [-0.3, -0.25) is 0 Å². The molecule has 1 spiro atoms. The van der Waals surface area contributed by atoms with Crippen LogP contribution < -0.4 is 5.32 Å². The fourth-order valence-electron chi connectivity index (χ4n) is 3.38. The second-order valence-electron chi connectivity index (χ2n) is 6.72. The topological polar surface area (TPSA) is 15.3 Å². The lowest BCUT2D eigenvalue weighted by Gasteiger charge is -2.35. The first-order valence-corrected chi connectivity index (χ1v) is 7.59. The Morgan fingerprint density at radius 3 is 2.47 bits per heavy atom. The second kappa shape index (κ2) is 5.71. The molecule has 1 N–H and O–H groups in total. The molecule has 1 saturated carbocycles. The molecule has 1 aliphatic heterocycles. The molecule has 0 aromatic carbocycles. The van der Waals surface area contributed by atoms with Crippen LogP contribution in [0.4, 0.5) is 0 Å². The van der Waals surface area contributed by atoms with Gasteiger partial charge in [-0.2, -0.15) is 0 Å². The molecule has 2 aliphatic rings. The third kappa shape index (κ3) is 3.45. The zero-order chi connectivity index (χ0) is 12.3. The summed E-state index contributed by atoms with van der Waals surface area (Å²) >= 11 is 0. The summed E-state index contributed by atoms with van der Waals surface area (Å²) in [6.07, 6.45) is 6.99. The molecule has 1 unspecified atom stereocenters. The van der Waals surface area contributed by atoms with Gasteiger partial charge in [-0.15, -0.1) is 0 Å². The highest BCUT2D eigenvalue weighted by molar-refractivity contribution is 4.97. The molecule has 1 heterocycles. The Labute approximate surface area is 107 Å². The highest BCUT2D eigenvalue weighted by Gasteiger charge is 2.36. The maximum absolute atomic E-state index is 3.85. The molecule has 1 saturated heterocycles. The van der Waals surface area contributed by atoms with Gasteiger partial charge in [-0.25, -0.2) is 0 Å². The summed E-state index contributed by atoms with van der Waals surface area (Å²) in [5.74, 6) is 1.64. The van der Waals surface area contributed by atoms with Crippen LogP contribution in [0.3, 0.4) is 0 Å². The largest absolute Gasteiger partial charge is 0.310 e. The Balaban J connectivity index is 1.92. The van der Waals surface area contributed by atoms with Crippen LogP contribution in [-0.4, -0.2) is 36.6 Å². The SMILES string of the molecule is CC(C)C(C)CN1CCCNC2(CCCC2)C1. The number of nitrogens with one attached hydrogen (secondary N) is 1. The van der Waals surface area contributed by atoms with Gasteiger partial charge in [-0.05, 0) is 44.2 Å². The monoisotopic (exact) mass is 238 g/mol. The molecule has 2 heteroatoms. The van der Waals surface area contributed by atoms with Crippen molar-refractivity contribution in [3.05, 3.63) is 0 Å². The van der Waals surface area contributed by atoms with Crippen molar-refractivity contribution in [2.24, 2.45) is 11.8 Å². The summed E-state index contributed by atoms with van der Waals surface area (Å²) in [6.45, 7) is 12.2. The molecular formula is C15H30N2. The average Bonchev–Trinajstić information content (AvgIpc) is 2.62. The lowest BCUT2D eigenvalue weighted by molar-refractivity contribution is 0.173. The highest BCUT2D eigenvalue weighted by atomic mass is 15.2. The van der Waals surface area contributed by atoms with Gasteiger partial charge in [-0.1, -0.05) is 33.6 Å². The van der Waals surface area contributed by atoms with Crippen LogP contribution in [0.15, 0.2) is 0 Å². The average molecular weight is 238 g/mol. The molecule has 0 amide bonds. The molecule has 1 atom stereocenters.